The van der Waals surface area contributed by atoms with Gasteiger partial charge in [0.15, 0.2) is 11.7 Å². The lowest BCUT2D eigenvalue weighted by atomic mass is 9.96. The minimum atomic E-state index is -1.38. The van der Waals surface area contributed by atoms with Gasteiger partial charge in [-0.15, -0.1) is 11.8 Å². The number of carbonyl (C=O) groups excluding carboxylic acids is 4. The van der Waals surface area contributed by atoms with E-state index in [0.29, 0.717) is 5.56 Å². The summed E-state index contributed by atoms with van der Waals surface area (Å²) in [6.07, 6.45) is 0. The molecule has 2 heterocycles. The van der Waals surface area contributed by atoms with E-state index in [0.717, 1.165) is 4.90 Å². The third-order valence-corrected chi connectivity index (χ3v) is 6.21. The number of benzene rings is 1. The van der Waals surface area contributed by atoms with Crippen LogP contribution in [0.3, 0.4) is 0 Å². The lowest BCUT2D eigenvalue weighted by Gasteiger charge is -2.49. The van der Waals surface area contributed by atoms with Crippen molar-refractivity contribution in [3.8, 4) is 0 Å². The number of fused-ring (bicyclic) bond motifs is 1. The standard InChI is InChI=1S/C22H24N2O7S/c1-11(25)13-10-32-19-15(18(27)24(19)16(13)20(28)29)23-17(26)14(12-8-6-5-7-9-12)21(30)31-22(2,3)4/h5-9,14-15,19H,10H2,1-4H3,(H,23,26)(H,28,29)/t14?,15?,19-/m0/s1. The number of nitrogens with zero attached hydrogens (tertiary/aromatic N) is 1. The Kier molecular flexibility index (Phi) is 6.45. The van der Waals surface area contributed by atoms with Gasteiger partial charge >= 0.3 is 11.9 Å². The van der Waals surface area contributed by atoms with Gasteiger partial charge in [0.1, 0.15) is 22.7 Å². The first kappa shape index (κ1) is 23.5. The van der Waals surface area contributed by atoms with E-state index in [2.05, 4.69) is 5.32 Å². The molecule has 0 saturated carbocycles. The summed E-state index contributed by atoms with van der Waals surface area (Å²) >= 11 is 1.18. The topological polar surface area (TPSA) is 130 Å². The van der Waals surface area contributed by atoms with E-state index >= 15 is 0 Å². The number of hydrogen-bond donors (Lipinski definition) is 2. The molecule has 32 heavy (non-hydrogen) atoms. The molecule has 1 aromatic rings. The van der Waals surface area contributed by atoms with Gasteiger partial charge in [-0.05, 0) is 33.3 Å². The second-order valence-electron chi connectivity index (χ2n) is 8.46. The number of β-lactam (4-membered cyclic amide) rings is 1. The van der Waals surface area contributed by atoms with Crippen molar-refractivity contribution in [2.75, 3.05) is 5.75 Å². The Morgan fingerprint density at radius 2 is 1.81 bits per heavy atom. The number of rotatable bonds is 6. The largest absolute Gasteiger partial charge is 0.477 e. The fraction of sp³-hybridized carbons (Fsp3) is 0.409. The number of nitrogens with one attached hydrogen (secondary N) is 1. The Hall–Kier alpha value is -3.14. The van der Waals surface area contributed by atoms with Gasteiger partial charge in [-0.1, -0.05) is 30.3 Å². The lowest BCUT2D eigenvalue weighted by Crippen LogP contribution is -2.71. The van der Waals surface area contributed by atoms with Crippen molar-refractivity contribution in [1.29, 1.82) is 0 Å². The van der Waals surface area contributed by atoms with Crippen molar-refractivity contribution in [1.82, 2.24) is 10.2 Å². The molecule has 3 rings (SSSR count). The molecule has 1 fully saturated rings. The number of aliphatic carboxylic acids is 1. The smallest absolute Gasteiger partial charge is 0.353 e. The highest BCUT2D eigenvalue weighted by molar-refractivity contribution is 8.00. The van der Waals surface area contributed by atoms with Crippen LogP contribution in [-0.4, -0.2) is 62.3 Å². The average Bonchev–Trinajstić information content (AvgIpc) is 2.70. The molecular weight excluding hydrogens is 436 g/mol. The van der Waals surface area contributed by atoms with Crippen molar-refractivity contribution >= 4 is 41.3 Å². The molecule has 2 aliphatic rings. The summed E-state index contributed by atoms with van der Waals surface area (Å²) in [4.78, 5) is 63.2. The number of ketones is 1. The molecule has 10 heteroatoms. The van der Waals surface area contributed by atoms with Crippen molar-refractivity contribution in [3.63, 3.8) is 0 Å². The number of ether oxygens (including phenoxy) is 1. The summed E-state index contributed by atoms with van der Waals surface area (Å²) in [5.74, 6) is -5.13. The zero-order valence-corrected chi connectivity index (χ0v) is 18.9. The van der Waals surface area contributed by atoms with E-state index in [1.54, 1.807) is 51.1 Å². The van der Waals surface area contributed by atoms with Crippen LogP contribution >= 0.6 is 11.8 Å². The monoisotopic (exact) mass is 460 g/mol. The number of carboxylic acids is 1. The molecule has 9 nitrogen and oxygen atoms in total. The Morgan fingerprint density at radius 1 is 1.19 bits per heavy atom. The average molecular weight is 461 g/mol. The maximum atomic E-state index is 13.1. The molecule has 2 amide bonds. The van der Waals surface area contributed by atoms with Crippen LogP contribution < -0.4 is 5.32 Å². The summed E-state index contributed by atoms with van der Waals surface area (Å²) in [7, 11) is 0. The molecule has 0 aliphatic carbocycles. The highest BCUT2D eigenvalue weighted by Crippen LogP contribution is 2.40. The normalized spacial score (nSPS) is 21.2. The molecular formula is C22H24N2O7S. The fourth-order valence-electron chi connectivity index (χ4n) is 3.53. The Morgan fingerprint density at radius 3 is 2.34 bits per heavy atom. The van der Waals surface area contributed by atoms with Crippen molar-refractivity contribution in [2.45, 2.75) is 50.6 Å². The van der Waals surface area contributed by atoms with Crippen LogP contribution in [0.2, 0.25) is 0 Å². The van der Waals surface area contributed by atoms with Gasteiger partial charge < -0.3 is 15.2 Å². The molecule has 1 aromatic carbocycles. The first-order valence-electron chi connectivity index (χ1n) is 9.92. The number of carboxylic acid groups (broad SMARTS) is 1. The van der Waals surface area contributed by atoms with E-state index < -0.39 is 52.5 Å². The molecule has 0 radical (unpaired) electrons. The lowest BCUT2D eigenvalue weighted by molar-refractivity contribution is -0.160. The molecule has 0 spiro atoms. The van der Waals surface area contributed by atoms with Crippen LogP contribution in [0.1, 0.15) is 39.2 Å². The number of esters is 1. The Bertz CT molecular complexity index is 1010. The minimum Gasteiger partial charge on any atom is -0.477 e. The second-order valence-corrected chi connectivity index (χ2v) is 9.57. The van der Waals surface area contributed by atoms with E-state index in [1.165, 1.54) is 18.7 Å². The van der Waals surface area contributed by atoms with Crippen LogP contribution in [0.5, 0.6) is 0 Å². The summed E-state index contributed by atoms with van der Waals surface area (Å²) in [6, 6.07) is 7.31. The molecule has 1 saturated heterocycles. The summed E-state index contributed by atoms with van der Waals surface area (Å²) < 4.78 is 5.41. The number of Topliss-reactive ketones (excluding diaryl/α,β-unsaturated/α-hetero) is 1. The third-order valence-electron chi connectivity index (χ3n) is 4.93. The van der Waals surface area contributed by atoms with Crippen molar-refractivity contribution in [2.24, 2.45) is 0 Å². The zero-order chi connectivity index (χ0) is 23.8. The SMILES string of the molecule is CC(=O)C1=C(C(=O)O)N2C(=O)C(NC(=O)C(C(=O)OC(C)(C)C)c3ccccc3)[C@@H]2SC1. The van der Waals surface area contributed by atoms with E-state index in [-0.39, 0.29) is 17.0 Å². The Labute approximate surface area is 189 Å². The number of hydrogen-bond acceptors (Lipinski definition) is 7. The fourth-order valence-corrected chi connectivity index (χ4v) is 4.94. The van der Waals surface area contributed by atoms with Crippen LogP contribution in [0.25, 0.3) is 0 Å². The second kappa shape index (κ2) is 8.78. The number of amides is 2. The van der Waals surface area contributed by atoms with E-state index in [4.69, 9.17) is 4.74 Å². The number of thioether (sulfide) groups is 1. The minimum absolute atomic E-state index is 0.0489. The van der Waals surface area contributed by atoms with Gasteiger partial charge in [-0.3, -0.25) is 24.1 Å². The highest BCUT2D eigenvalue weighted by atomic mass is 32.2. The van der Waals surface area contributed by atoms with Gasteiger partial charge in [0.05, 0.1) is 0 Å². The van der Waals surface area contributed by atoms with Gasteiger partial charge in [0.25, 0.3) is 5.91 Å². The van der Waals surface area contributed by atoms with E-state index in [9.17, 15) is 29.1 Å². The molecule has 170 valence electrons. The van der Waals surface area contributed by atoms with Crippen LogP contribution in [0, 0.1) is 0 Å². The van der Waals surface area contributed by atoms with Gasteiger partial charge in [0, 0.05) is 11.3 Å². The zero-order valence-electron chi connectivity index (χ0n) is 18.1. The molecule has 0 aromatic heterocycles. The van der Waals surface area contributed by atoms with Crippen LogP contribution in [0.4, 0.5) is 0 Å². The summed E-state index contributed by atoms with van der Waals surface area (Å²) in [5, 5.41) is 11.4. The molecule has 2 unspecified atom stereocenters. The van der Waals surface area contributed by atoms with Crippen LogP contribution in [-0.2, 0) is 28.7 Å². The summed E-state index contributed by atoms with van der Waals surface area (Å²) in [5.41, 5.74) is -0.725. The predicted molar refractivity (Wildman–Crippen MR) is 115 cm³/mol. The maximum absolute atomic E-state index is 13.1. The van der Waals surface area contributed by atoms with Gasteiger partial charge in [-0.25, -0.2) is 4.79 Å². The first-order valence-corrected chi connectivity index (χ1v) is 11.0. The van der Waals surface area contributed by atoms with Gasteiger partial charge in [0.2, 0.25) is 5.91 Å². The molecule has 3 atom stereocenters. The molecule has 2 aliphatic heterocycles. The molecule has 0 bridgehead atoms. The van der Waals surface area contributed by atoms with Crippen molar-refractivity contribution in [3.05, 3.63) is 47.2 Å². The third kappa shape index (κ3) is 4.55. The van der Waals surface area contributed by atoms with Crippen molar-refractivity contribution < 1.29 is 33.8 Å². The maximum Gasteiger partial charge on any atom is 0.353 e. The molecule has 2 N–H and O–H groups in total. The summed E-state index contributed by atoms with van der Waals surface area (Å²) in [6.45, 7) is 6.30. The number of carbonyl (C=O) groups is 5. The highest BCUT2D eigenvalue weighted by Gasteiger charge is 2.55. The Balaban J connectivity index is 1.84. The van der Waals surface area contributed by atoms with E-state index in [1.807, 2.05) is 0 Å². The predicted octanol–water partition coefficient (Wildman–Crippen LogP) is 1.44. The van der Waals surface area contributed by atoms with Crippen LogP contribution in [0.15, 0.2) is 41.6 Å². The van der Waals surface area contributed by atoms with Gasteiger partial charge in [-0.2, -0.15) is 0 Å². The first-order chi connectivity index (χ1) is 14.9. The quantitative estimate of drug-likeness (QED) is 0.371.